The lowest BCUT2D eigenvalue weighted by atomic mass is 9.75. The zero-order valence-corrected chi connectivity index (χ0v) is 50.4. The number of carboxylic acids is 1. The predicted octanol–water partition coefficient (Wildman–Crippen LogP) is 1.57. The first-order valence-electron chi connectivity index (χ1n) is 28.6. The lowest BCUT2D eigenvalue weighted by molar-refractivity contribution is -0.348. The summed E-state index contributed by atoms with van der Waals surface area (Å²) in [5, 5.41) is 77.8. The highest BCUT2D eigenvalue weighted by Gasteiger charge is 2.54. The van der Waals surface area contributed by atoms with E-state index in [1.165, 1.54) is 32.2 Å². The number of benzene rings is 3. The number of rotatable bonds is 24. The number of hydrogen-bond donors (Lipinski definition) is 11. The number of ether oxygens (including phenoxy) is 6. The van der Waals surface area contributed by atoms with Crippen LogP contribution in [0.25, 0.3) is 10.8 Å². The highest BCUT2D eigenvalue weighted by Crippen LogP contribution is 2.41. The third kappa shape index (κ3) is 16.2. The number of carbonyl (C=O) groups excluding carboxylic acids is 3. The van der Waals surface area contributed by atoms with Crippen molar-refractivity contribution in [3.8, 4) is 0 Å². The Labute approximate surface area is 506 Å². The zero-order valence-electron chi connectivity index (χ0n) is 47.9. The van der Waals surface area contributed by atoms with Gasteiger partial charge in [0.25, 0.3) is 30.4 Å². The average molecular weight is 1300 g/mol. The molecule has 2 aliphatic carbocycles. The van der Waals surface area contributed by atoms with Crippen LogP contribution in [0.4, 0.5) is 5.69 Å². The minimum atomic E-state index is -5.35. The Balaban J connectivity index is 1.02. The molecule has 4 aliphatic rings. The van der Waals surface area contributed by atoms with Gasteiger partial charge in [0, 0.05) is 18.1 Å². The number of aromatic nitrogens is 3. The number of amides is 2. The number of nitrogens with zero attached hydrogens (tertiary/aromatic N) is 3. The molecule has 88 heavy (non-hydrogen) atoms. The molecule has 0 bridgehead atoms. The molecule has 30 nitrogen and oxygen atoms in total. The van der Waals surface area contributed by atoms with Crippen molar-refractivity contribution in [3.63, 3.8) is 0 Å². The summed E-state index contributed by atoms with van der Waals surface area (Å²) in [5.74, 6) is -5.37. The summed E-state index contributed by atoms with van der Waals surface area (Å²) in [6.07, 6.45) is -14.0. The van der Waals surface area contributed by atoms with Crippen LogP contribution in [0.2, 0.25) is 0 Å². The van der Waals surface area contributed by atoms with Crippen LogP contribution in [0.3, 0.4) is 0 Å². The number of esters is 1. The number of carbonyl (C=O) groups is 4. The van der Waals surface area contributed by atoms with E-state index >= 15 is 0 Å². The number of anilines is 1. The lowest BCUT2D eigenvalue weighted by Gasteiger charge is -2.48. The molecule has 0 radical (unpaired) electrons. The third-order valence-electron chi connectivity index (χ3n) is 16.5. The minimum Gasteiger partial charge on any atom is -0.479 e. The summed E-state index contributed by atoms with van der Waals surface area (Å²) in [6, 6.07) is 8.73. The van der Waals surface area contributed by atoms with Crippen molar-refractivity contribution in [1.82, 2.24) is 20.3 Å². The first-order chi connectivity index (χ1) is 41.5. The maximum absolute atomic E-state index is 14.7. The molecule has 12 unspecified atom stereocenters. The summed E-state index contributed by atoms with van der Waals surface area (Å²) < 4.78 is 142. The van der Waals surface area contributed by atoms with E-state index in [0.29, 0.717) is 30.7 Å². The number of nitrogens with one attached hydrogen (secondary N) is 2. The molecule has 33 heteroatoms. The topological polar surface area (TPSA) is 463 Å². The average Bonchev–Trinajstić information content (AvgIpc) is 1.02. The number of aryl methyl sites for hydroxylation is 1. The van der Waals surface area contributed by atoms with Crippen LogP contribution >= 0.6 is 0 Å². The molecule has 1 aromatic heterocycles. The molecule has 2 saturated carbocycles. The van der Waals surface area contributed by atoms with Crippen LogP contribution in [0.15, 0.2) is 75.5 Å². The molecule has 3 heterocycles. The molecule has 3 aromatic carbocycles. The molecule has 2 amide bonds. The van der Waals surface area contributed by atoms with Crippen molar-refractivity contribution in [2.24, 2.45) is 17.8 Å². The monoisotopic (exact) mass is 1300 g/mol. The first-order valence-corrected chi connectivity index (χ1v) is 32.9. The van der Waals surface area contributed by atoms with Crippen molar-refractivity contribution >= 4 is 70.6 Å². The second-order valence-corrected chi connectivity index (χ2v) is 26.8. The quantitative estimate of drug-likeness (QED) is 0.0269. The fraction of sp³-hybridized carbons (Fsp3) is 0.600. The number of carboxylic acid groups (broad SMARTS) is 1. The number of fused-ring (bicyclic) bond motifs is 1. The first kappa shape index (κ1) is 68.2. The minimum absolute atomic E-state index is 0.0335. The predicted molar refractivity (Wildman–Crippen MR) is 302 cm³/mol. The number of hydrogen-bond acceptors (Lipinski definition) is 23. The van der Waals surface area contributed by atoms with E-state index in [2.05, 4.69) is 20.9 Å². The molecule has 4 aromatic rings. The van der Waals surface area contributed by atoms with E-state index in [4.69, 9.17) is 28.4 Å². The molecule has 0 spiro atoms. The smallest absolute Gasteiger partial charge is 0.338 e. The van der Waals surface area contributed by atoms with E-state index in [0.717, 1.165) is 36.8 Å². The molecule has 2 saturated heterocycles. The fourth-order valence-electron chi connectivity index (χ4n) is 11.6. The lowest BCUT2D eigenvalue weighted by Crippen LogP contribution is -2.64. The molecular formula is C55H73N5O25S3. The third-order valence-corrected chi connectivity index (χ3v) is 19.0. The Morgan fingerprint density at radius 2 is 1.45 bits per heavy atom. The molecule has 2 aliphatic heterocycles. The SMILES string of the molecule is CCC1CC(C(=O)NCCCc2cn(C(C)C(=O)Nc3cc(S(=O)(=O)O)cc4cc(S(=O)(=O)O)cc(S(=O)(=O)O)c34)nn2)C(O[C@@H]2OC(C)C(O)C(O)C2O)[C@H](O[C@@H]2OC(CO)C(O)C(O[C@@H](CC3CCCCC3)C(=O)O)C2OC(=O)c2ccccc2)C1. The number of aliphatic carboxylic acids is 1. The summed E-state index contributed by atoms with van der Waals surface area (Å²) in [7, 11) is -15.6. The van der Waals surface area contributed by atoms with Crippen molar-refractivity contribution in [2.45, 2.75) is 192 Å². The normalized spacial score (nSPS) is 29.0. The van der Waals surface area contributed by atoms with Crippen LogP contribution < -0.4 is 10.6 Å². The summed E-state index contributed by atoms with van der Waals surface area (Å²) >= 11 is 0. The van der Waals surface area contributed by atoms with Gasteiger partial charge in [0.2, 0.25) is 11.8 Å². The van der Waals surface area contributed by atoms with Gasteiger partial charge in [0.1, 0.15) is 47.6 Å². The van der Waals surface area contributed by atoms with Crippen LogP contribution in [-0.4, -0.2) is 201 Å². The second kappa shape index (κ2) is 28.6. The van der Waals surface area contributed by atoms with Crippen LogP contribution in [0.1, 0.15) is 107 Å². The van der Waals surface area contributed by atoms with Gasteiger partial charge in [0.05, 0.1) is 57.6 Å². The summed E-state index contributed by atoms with van der Waals surface area (Å²) in [4.78, 5) is 52.1. The van der Waals surface area contributed by atoms with E-state index in [-0.39, 0.29) is 61.7 Å². The molecule has 16 atom stereocenters. The van der Waals surface area contributed by atoms with E-state index in [1.807, 2.05) is 6.92 Å². The van der Waals surface area contributed by atoms with E-state index in [1.54, 1.807) is 18.2 Å². The van der Waals surface area contributed by atoms with Crippen LogP contribution in [-0.2, 0) is 79.6 Å². The van der Waals surface area contributed by atoms with Gasteiger partial charge in [-0.2, -0.15) is 25.3 Å². The molecule has 8 rings (SSSR count). The van der Waals surface area contributed by atoms with Crippen molar-refractivity contribution in [2.75, 3.05) is 18.5 Å². The standard InChI is InChI=1S/C55H73N5O25S3/c1-4-29-18-36(51(67)56-17-11-16-33-25-60(59-58-33)27(2)50(66)57-37-23-34(86(71,72)73)21-32-22-35(87(74,75)76)24-41(42(32)37)88(77,78)79)47(85-54-46(65)45(64)43(62)28(3)80-54)38(19-29)82-55-49(84-53(70)31-14-9-6-10-15-31)48(44(63)40(26-61)83-55)81-39(52(68)69)20-30-12-7-5-8-13-30/h6,9-10,14-15,21-25,27-30,36,38-40,43-49,54-55,61-65H,4-5,7-8,11-13,16-20,26H2,1-3H3,(H,56,67)(H,57,66)(H,68,69)(H,71,72,73)(H,74,75,76)(H,77,78,79)/t27?,28?,29?,36?,38-,39+,40?,43?,44?,45?,46?,47?,48?,49?,54+,55-/m1/s1. The number of aliphatic hydroxyl groups is 5. The van der Waals surface area contributed by atoms with E-state index < -0.39 is 184 Å². The molecule has 11 N–H and O–H groups in total. The fourth-order valence-corrected chi connectivity index (χ4v) is 13.5. The number of aliphatic hydroxyl groups excluding tert-OH is 5. The van der Waals surface area contributed by atoms with Gasteiger partial charge in [0.15, 0.2) is 24.8 Å². The highest BCUT2D eigenvalue weighted by molar-refractivity contribution is 7.87. The summed E-state index contributed by atoms with van der Waals surface area (Å²) in [6.45, 7) is 3.72. The Hall–Kier alpha value is -5.73. The Morgan fingerprint density at radius 1 is 0.784 bits per heavy atom. The van der Waals surface area contributed by atoms with Gasteiger partial charge in [-0.05, 0) is 99.6 Å². The van der Waals surface area contributed by atoms with Crippen LogP contribution in [0.5, 0.6) is 0 Å². The van der Waals surface area contributed by atoms with Gasteiger partial charge in [-0.25, -0.2) is 14.3 Å². The van der Waals surface area contributed by atoms with E-state index in [9.17, 15) is 88.7 Å². The largest absolute Gasteiger partial charge is 0.479 e. The van der Waals surface area contributed by atoms with Gasteiger partial charge in [-0.3, -0.25) is 23.2 Å². The molecule has 486 valence electrons. The summed E-state index contributed by atoms with van der Waals surface area (Å²) in [5.41, 5.74) is -0.292. The van der Waals surface area contributed by atoms with Crippen molar-refractivity contribution in [1.29, 1.82) is 0 Å². The Bertz CT molecular complexity index is 3480. The maximum Gasteiger partial charge on any atom is 0.338 e. The van der Waals surface area contributed by atoms with Gasteiger partial charge in [-0.15, -0.1) is 5.10 Å². The van der Waals surface area contributed by atoms with Gasteiger partial charge < -0.3 is 69.7 Å². The second-order valence-electron chi connectivity index (χ2n) is 22.6. The highest BCUT2D eigenvalue weighted by atomic mass is 32.2. The molecular weight excluding hydrogens is 1230 g/mol. The maximum atomic E-state index is 14.7. The Morgan fingerprint density at radius 3 is 2.08 bits per heavy atom. The van der Waals surface area contributed by atoms with Crippen molar-refractivity contribution in [3.05, 3.63) is 72.1 Å². The van der Waals surface area contributed by atoms with Gasteiger partial charge >= 0.3 is 11.9 Å². The molecule has 4 fully saturated rings. The van der Waals surface area contributed by atoms with Crippen molar-refractivity contribution < 1.29 is 117 Å². The van der Waals surface area contributed by atoms with Gasteiger partial charge in [-0.1, -0.05) is 68.9 Å². The zero-order chi connectivity index (χ0) is 64.2. The Kier molecular flexibility index (Phi) is 22.2. The van der Waals surface area contributed by atoms with Crippen LogP contribution in [0, 0.1) is 17.8 Å².